The number of benzene rings is 2. The third-order valence-corrected chi connectivity index (χ3v) is 5.05. The molecule has 2 N–H and O–H groups in total. The highest BCUT2D eigenvalue weighted by Gasteiger charge is 2.21. The Bertz CT molecular complexity index is 1070. The molecule has 2 heterocycles. The Hall–Kier alpha value is -3.06. The number of nitrogens with one attached hydrogen (secondary N) is 2. The zero-order chi connectivity index (χ0) is 18.9. The second-order valence-corrected chi connectivity index (χ2v) is 7.69. The minimum atomic E-state index is -0.312. The molecule has 0 radical (unpaired) electrons. The number of anilines is 3. The molecule has 7 heteroatoms. The lowest BCUT2D eigenvalue weighted by Crippen LogP contribution is -2.29. The molecule has 0 spiro atoms. The van der Waals surface area contributed by atoms with Gasteiger partial charge in [-0.25, -0.2) is 4.98 Å². The zero-order valence-electron chi connectivity index (χ0n) is 15.4. The van der Waals surface area contributed by atoms with E-state index >= 15 is 0 Å². The Labute approximate surface area is 161 Å². The number of fused-ring (bicyclic) bond motifs is 1. The quantitative estimate of drug-likeness (QED) is 0.517. The number of nitrogens with zero attached hydrogens (tertiary/aromatic N) is 4. The molecule has 6 nitrogen and oxygen atoms in total. The number of rotatable bonds is 5. The van der Waals surface area contributed by atoms with Gasteiger partial charge in [0.1, 0.15) is 5.82 Å². The van der Waals surface area contributed by atoms with Gasteiger partial charge in [0.15, 0.2) is 0 Å². The van der Waals surface area contributed by atoms with Crippen LogP contribution in [0.5, 0.6) is 0 Å². The minimum absolute atomic E-state index is 0.312. The molecule has 0 saturated heterocycles. The molecule has 27 heavy (non-hydrogen) atoms. The van der Waals surface area contributed by atoms with Crippen LogP contribution in [0.4, 0.5) is 17.6 Å². The van der Waals surface area contributed by atoms with Crippen LogP contribution in [0.15, 0.2) is 54.0 Å². The van der Waals surface area contributed by atoms with E-state index in [-0.39, 0.29) is 5.54 Å². The van der Waals surface area contributed by atoms with E-state index in [0.717, 1.165) is 21.5 Å². The highest BCUT2D eigenvalue weighted by Crippen LogP contribution is 2.26. The van der Waals surface area contributed by atoms with E-state index in [4.69, 9.17) is 0 Å². The summed E-state index contributed by atoms with van der Waals surface area (Å²) < 4.78 is 1.12. The fraction of sp³-hybridized carbons (Fsp3) is 0.200. The molecule has 136 valence electrons. The maximum absolute atomic E-state index is 4.55. The third-order valence-electron chi connectivity index (χ3n) is 4.25. The monoisotopic (exact) mass is 376 g/mol. The van der Waals surface area contributed by atoms with Gasteiger partial charge in [0.25, 0.3) is 0 Å². The van der Waals surface area contributed by atoms with Gasteiger partial charge in [0.05, 0.1) is 21.3 Å². The van der Waals surface area contributed by atoms with Crippen LogP contribution in [0.25, 0.3) is 10.2 Å². The first-order chi connectivity index (χ1) is 13.0. The van der Waals surface area contributed by atoms with Crippen molar-refractivity contribution in [2.45, 2.75) is 26.3 Å². The Kier molecular flexibility index (Phi) is 4.45. The average Bonchev–Trinajstić information content (AvgIpc) is 3.09. The van der Waals surface area contributed by atoms with Crippen molar-refractivity contribution in [1.29, 1.82) is 0 Å². The maximum Gasteiger partial charge on any atom is 0.232 e. The summed E-state index contributed by atoms with van der Waals surface area (Å²) in [6, 6.07) is 16.2. The lowest BCUT2D eigenvalue weighted by Gasteiger charge is -2.27. The first-order valence-electron chi connectivity index (χ1n) is 8.66. The third kappa shape index (κ3) is 3.88. The minimum Gasteiger partial charge on any atom is -0.345 e. The van der Waals surface area contributed by atoms with E-state index in [9.17, 15) is 0 Å². The van der Waals surface area contributed by atoms with Gasteiger partial charge in [-0.1, -0.05) is 30.3 Å². The van der Waals surface area contributed by atoms with Crippen molar-refractivity contribution in [1.82, 2.24) is 19.9 Å². The van der Waals surface area contributed by atoms with Gasteiger partial charge < -0.3 is 10.6 Å². The molecule has 0 saturated carbocycles. The summed E-state index contributed by atoms with van der Waals surface area (Å²) in [5.74, 6) is 1.70. The Morgan fingerprint density at radius 2 is 1.70 bits per heavy atom. The van der Waals surface area contributed by atoms with E-state index in [2.05, 4.69) is 56.5 Å². The van der Waals surface area contributed by atoms with E-state index in [1.54, 1.807) is 11.3 Å². The lowest BCUT2D eigenvalue weighted by molar-refractivity contribution is 0.600. The molecule has 4 aromatic rings. The van der Waals surface area contributed by atoms with Gasteiger partial charge in [0.2, 0.25) is 11.9 Å². The molecular weight excluding hydrogens is 356 g/mol. The van der Waals surface area contributed by atoms with Gasteiger partial charge in [0, 0.05) is 5.69 Å². The van der Waals surface area contributed by atoms with E-state index in [1.165, 1.54) is 0 Å². The topological polar surface area (TPSA) is 75.6 Å². The SMILES string of the molecule is Cc1nc(Nc2ccc3ncsc3c2)nc(NC(C)(C)c2ccccc2)n1. The second-order valence-electron chi connectivity index (χ2n) is 6.81. The molecule has 2 aromatic heterocycles. The largest absolute Gasteiger partial charge is 0.345 e. The van der Waals surface area contributed by atoms with Crippen LogP contribution < -0.4 is 10.6 Å². The van der Waals surface area contributed by atoms with Crippen LogP contribution in [0, 0.1) is 6.92 Å². The van der Waals surface area contributed by atoms with Gasteiger partial charge in [-0.3, -0.25) is 0 Å². The molecule has 2 aromatic carbocycles. The number of hydrogen-bond acceptors (Lipinski definition) is 7. The predicted molar refractivity (Wildman–Crippen MR) is 111 cm³/mol. The Morgan fingerprint density at radius 1 is 0.926 bits per heavy atom. The average molecular weight is 376 g/mol. The van der Waals surface area contributed by atoms with Gasteiger partial charge in [-0.2, -0.15) is 15.0 Å². The first-order valence-corrected chi connectivity index (χ1v) is 9.54. The van der Waals surface area contributed by atoms with Crippen LogP contribution in [0.3, 0.4) is 0 Å². The predicted octanol–water partition coefficient (Wildman–Crippen LogP) is 4.88. The van der Waals surface area contributed by atoms with Crippen LogP contribution in [0.2, 0.25) is 0 Å². The molecule has 0 aliphatic heterocycles. The second kappa shape index (κ2) is 6.92. The molecule has 0 aliphatic carbocycles. The van der Waals surface area contributed by atoms with Crippen molar-refractivity contribution in [2.75, 3.05) is 10.6 Å². The molecule has 0 fully saturated rings. The van der Waals surface area contributed by atoms with E-state index in [0.29, 0.717) is 17.7 Å². The van der Waals surface area contributed by atoms with Crippen LogP contribution in [-0.4, -0.2) is 19.9 Å². The van der Waals surface area contributed by atoms with Gasteiger partial charge >= 0.3 is 0 Å². The van der Waals surface area contributed by atoms with Crippen LogP contribution >= 0.6 is 11.3 Å². The van der Waals surface area contributed by atoms with Gasteiger partial charge in [-0.05, 0) is 44.5 Å². The summed E-state index contributed by atoms with van der Waals surface area (Å²) in [5.41, 5.74) is 4.60. The van der Waals surface area contributed by atoms with Crippen molar-refractivity contribution >= 4 is 39.1 Å². The number of hydrogen-bond donors (Lipinski definition) is 2. The van der Waals surface area contributed by atoms with Crippen molar-refractivity contribution < 1.29 is 0 Å². The summed E-state index contributed by atoms with van der Waals surface area (Å²) >= 11 is 1.61. The summed E-state index contributed by atoms with van der Waals surface area (Å²) in [4.78, 5) is 17.7. The summed E-state index contributed by atoms with van der Waals surface area (Å²) in [5, 5.41) is 6.69. The summed E-state index contributed by atoms with van der Waals surface area (Å²) in [7, 11) is 0. The van der Waals surface area contributed by atoms with E-state index < -0.39 is 0 Å². The smallest absolute Gasteiger partial charge is 0.232 e. The molecule has 0 atom stereocenters. The fourth-order valence-corrected chi connectivity index (χ4v) is 3.58. The number of aromatic nitrogens is 4. The Morgan fingerprint density at radius 3 is 2.52 bits per heavy atom. The maximum atomic E-state index is 4.55. The first kappa shape index (κ1) is 17.4. The zero-order valence-corrected chi connectivity index (χ0v) is 16.2. The van der Waals surface area contributed by atoms with Crippen molar-refractivity contribution in [3.05, 3.63) is 65.4 Å². The molecule has 4 rings (SSSR count). The normalized spacial score (nSPS) is 11.5. The van der Waals surface area contributed by atoms with Crippen LogP contribution in [-0.2, 0) is 5.54 Å². The molecule has 0 unspecified atom stereocenters. The Balaban J connectivity index is 1.59. The summed E-state index contributed by atoms with van der Waals surface area (Å²) in [6.45, 7) is 6.07. The lowest BCUT2D eigenvalue weighted by atomic mass is 9.95. The molecular formula is C20H20N6S. The van der Waals surface area contributed by atoms with Crippen LogP contribution in [0.1, 0.15) is 25.2 Å². The molecule has 0 aliphatic rings. The summed E-state index contributed by atoms with van der Waals surface area (Å²) in [6.07, 6.45) is 0. The standard InChI is InChI=1S/C20H20N6S/c1-13-22-18(24-15-9-10-16-17(11-15)27-12-21-16)25-19(23-13)26-20(2,3)14-7-5-4-6-8-14/h4-12H,1-3H3,(H2,22,23,24,25,26). The highest BCUT2D eigenvalue weighted by molar-refractivity contribution is 7.16. The number of thiazole rings is 1. The highest BCUT2D eigenvalue weighted by atomic mass is 32.1. The number of aryl methyl sites for hydroxylation is 1. The van der Waals surface area contributed by atoms with Crippen molar-refractivity contribution in [3.8, 4) is 0 Å². The van der Waals surface area contributed by atoms with Crippen molar-refractivity contribution in [3.63, 3.8) is 0 Å². The molecule has 0 bridgehead atoms. The van der Waals surface area contributed by atoms with Crippen molar-refractivity contribution in [2.24, 2.45) is 0 Å². The molecule has 0 amide bonds. The van der Waals surface area contributed by atoms with E-state index in [1.807, 2.05) is 48.8 Å². The van der Waals surface area contributed by atoms with Gasteiger partial charge in [-0.15, -0.1) is 11.3 Å². The fourth-order valence-electron chi connectivity index (χ4n) is 2.86.